The first-order valence-corrected chi connectivity index (χ1v) is 4.32. The number of aliphatic hydroxyl groups is 1. The fourth-order valence-electron chi connectivity index (χ4n) is 1.28. The minimum Gasteiger partial charge on any atom is -0.391 e. The fourth-order valence-corrected chi connectivity index (χ4v) is 1.28. The molecule has 13 heavy (non-hydrogen) atoms. The first-order valence-electron chi connectivity index (χ1n) is 4.32. The topological polar surface area (TPSA) is 40.5 Å². The van der Waals surface area contributed by atoms with Crippen molar-refractivity contribution in [2.24, 2.45) is 0 Å². The number of rotatable bonds is 1. The molecule has 0 aromatic carbocycles. The molecular formula is C9H14FNO2. The standard InChI is InChI=1S/C9H14FNO2/c1-6(2)8(10)9(13)11-4-3-7(12)5-11/h7,12H,3-5H2,1-2H3/t7-/m0/s1. The van der Waals surface area contributed by atoms with Crippen molar-refractivity contribution < 1.29 is 14.3 Å². The normalized spacial score (nSPS) is 21.8. The van der Waals surface area contributed by atoms with Gasteiger partial charge in [-0.25, -0.2) is 4.39 Å². The molecule has 0 aromatic rings. The molecule has 1 saturated heterocycles. The van der Waals surface area contributed by atoms with Gasteiger partial charge in [-0.3, -0.25) is 4.79 Å². The third-order valence-corrected chi connectivity index (χ3v) is 2.08. The summed E-state index contributed by atoms with van der Waals surface area (Å²) in [6.45, 7) is 3.81. The summed E-state index contributed by atoms with van der Waals surface area (Å²) in [5, 5.41) is 9.14. The number of carbonyl (C=O) groups excluding carboxylic acids is 1. The minimum absolute atomic E-state index is 0.250. The molecular weight excluding hydrogens is 173 g/mol. The molecule has 1 N–H and O–H groups in total. The summed E-state index contributed by atoms with van der Waals surface area (Å²) in [6, 6.07) is 0. The lowest BCUT2D eigenvalue weighted by Crippen LogP contribution is -2.30. The van der Waals surface area contributed by atoms with Gasteiger partial charge in [-0.1, -0.05) is 0 Å². The second-order valence-corrected chi connectivity index (χ2v) is 3.51. The van der Waals surface area contributed by atoms with Crippen LogP contribution < -0.4 is 0 Å². The Morgan fingerprint density at radius 3 is 2.54 bits per heavy atom. The van der Waals surface area contributed by atoms with Crippen molar-refractivity contribution in [2.75, 3.05) is 13.1 Å². The van der Waals surface area contributed by atoms with Crippen LogP contribution in [0.2, 0.25) is 0 Å². The minimum atomic E-state index is -0.700. The Kier molecular flexibility index (Phi) is 3.03. The van der Waals surface area contributed by atoms with Crippen LogP contribution in [-0.4, -0.2) is 35.1 Å². The van der Waals surface area contributed by atoms with Gasteiger partial charge in [0.25, 0.3) is 5.91 Å². The molecule has 0 radical (unpaired) electrons. The van der Waals surface area contributed by atoms with E-state index in [9.17, 15) is 9.18 Å². The Morgan fingerprint density at radius 2 is 2.15 bits per heavy atom. The average molecular weight is 187 g/mol. The molecule has 1 amide bonds. The van der Waals surface area contributed by atoms with E-state index in [-0.39, 0.29) is 6.54 Å². The highest BCUT2D eigenvalue weighted by atomic mass is 19.1. The molecule has 0 aliphatic carbocycles. The van der Waals surface area contributed by atoms with Gasteiger partial charge in [0.05, 0.1) is 6.10 Å². The molecule has 1 aliphatic heterocycles. The molecule has 1 rings (SSSR count). The number of nitrogens with zero attached hydrogens (tertiary/aromatic N) is 1. The maximum Gasteiger partial charge on any atom is 0.282 e. The van der Waals surface area contributed by atoms with Crippen LogP contribution in [0.5, 0.6) is 0 Å². The zero-order valence-electron chi connectivity index (χ0n) is 7.88. The number of halogens is 1. The van der Waals surface area contributed by atoms with Crippen LogP contribution in [-0.2, 0) is 4.79 Å². The van der Waals surface area contributed by atoms with E-state index in [4.69, 9.17) is 5.11 Å². The monoisotopic (exact) mass is 187 g/mol. The zero-order valence-corrected chi connectivity index (χ0v) is 7.88. The van der Waals surface area contributed by atoms with Gasteiger partial charge in [0, 0.05) is 13.1 Å². The quantitative estimate of drug-likeness (QED) is 0.618. The van der Waals surface area contributed by atoms with Crippen LogP contribution in [0, 0.1) is 0 Å². The van der Waals surface area contributed by atoms with Crippen LogP contribution in [0.25, 0.3) is 0 Å². The van der Waals surface area contributed by atoms with Crippen molar-refractivity contribution in [1.29, 1.82) is 0 Å². The lowest BCUT2D eigenvalue weighted by atomic mass is 10.3. The van der Waals surface area contributed by atoms with Crippen LogP contribution >= 0.6 is 0 Å². The van der Waals surface area contributed by atoms with Crippen molar-refractivity contribution in [3.8, 4) is 0 Å². The summed E-state index contributed by atoms with van der Waals surface area (Å²) < 4.78 is 13.1. The summed E-state index contributed by atoms with van der Waals surface area (Å²) in [7, 11) is 0. The summed E-state index contributed by atoms with van der Waals surface area (Å²) in [4.78, 5) is 12.7. The average Bonchev–Trinajstić information content (AvgIpc) is 2.49. The number of hydrogen-bond donors (Lipinski definition) is 1. The molecule has 1 atom stereocenters. The Balaban J connectivity index is 2.64. The molecule has 0 spiro atoms. The van der Waals surface area contributed by atoms with Crippen molar-refractivity contribution in [3.63, 3.8) is 0 Å². The Bertz CT molecular complexity index is 246. The predicted molar refractivity (Wildman–Crippen MR) is 46.7 cm³/mol. The number of β-amino-alcohol motifs (C(OH)–C–C–N with tert-alkyl or cyclic N) is 1. The Labute approximate surface area is 76.8 Å². The van der Waals surface area contributed by atoms with Crippen LogP contribution in [0.4, 0.5) is 4.39 Å². The van der Waals surface area contributed by atoms with E-state index < -0.39 is 17.8 Å². The first kappa shape index (κ1) is 10.2. The Morgan fingerprint density at radius 1 is 1.54 bits per heavy atom. The number of carbonyl (C=O) groups is 1. The largest absolute Gasteiger partial charge is 0.391 e. The molecule has 0 saturated carbocycles. The molecule has 1 fully saturated rings. The second kappa shape index (κ2) is 3.87. The molecule has 0 unspecified atom stereocenters. The molecule has 0 bridgehead atoms. The maximum absolute atomic E-state index is 13.1. The van der Waals surface area contributed by atoms with E-state index in [0.29, 0.717) is 18.5 Å². The van der Waals surface area contributed by atoms with Gasteiger partial charge in [-0.15, -0.1) is 0 Å². The van der Waals surface area contributed by atoms with Crippen molar-refractivity contribution in [1.82, 2.24) is 4.90 Å². The summed E-state index contributed by atoms with van der Waals surface area (Å²) in [5.41, 5.74) is 0.381. The van der Waals surface area contributed by atoms with Crippen LogP contribution in [0.1, 0.15) is 20.3 Å². The summed E-state index contributed by atoms with van der Waals surface area (Å²) >= 11 is 0. The van der Waals surface area contributed by atoms with Gasteiger partial charge in [-0.05, 0) is 25.8 Å². The van der Waals surface area contributed by atoms with Crippen LogP contribution in [0.3, 0.4) is 0 Å². The van der Waals surface area contributed by atoms with Crippen LogP contribution in [0.15, 0.2) is 11.4 Å². The summed E-state index contributed by atoms with van der Waals surface area (Å²) in [6.07, 6.45) is 0.0517. The highest BCUT2D eigenvalue weighted by molar-refractivity contribution is 5.92. The van der Waals surface area contributed by atoms with E-state index in [1.807, 2.05) is 0 Å². The third-order valence-electron chi connectivity index (χ3n) is 2.08. The molecule has 1 aliphatic rings. The van der Waals surface area contributed by atoms with Gasteiger partial charge in [-0.2, -0.15) is 0 Å². The first-order chi connectivity index (χ1) is 6.02. The van der Waals surface area contributed by atoms with E-state index >= 15 is 0 Å². The van der Waals surface area contributed by atoms with Gasteiger partial charge < -0.3 is 10.0 Å². The molecule has 0 aromatic heterocycles. The van der Waals surface area contributed by atoms with E-state index in [2.05, 4.69) is 0 Å². The fraction of sp³-hybridized carbons (Fsp3) is 0.667. The molecule has 4 heteroatoms. The van der Waals surface area contributed by atoms with E-state index in [1.165, 1.54) is 4.90 Å². The summed E-state index contributed by atoms with van der Waals surface area (Å²) in [5.74, 6) is -1.30. The Hall–Kier alpha value is -0.900. The van der Waals surface area contributed by atoms with Gasteiger partial charge in [0.15, 0.2) is 5.83 Å². The molecule has 1 heterocycles. The number of likely N-dealkylation sites (tertiary alicyclic amines) is 1. The third kappa shape index (κ3) is 2.28. The van der Waals surface area contributed by atoms with Crippen molar-refractivity contribution in [2.45, 2.75) is 26.4 Å². The highest BCUT2D eigenvalue weighted by Gasteiger charge is 2.27. The number of allylic oxidation sites excluding steroid dienone is 1. The number of amides is 1. The highest BCUT2D eigenvalue weighted by Crippen LogP contribution is 2.15. The van der Waals surface area contributed by atoms with E-state index in [1.54, 1.807) is 13.8 Å². The zero-order chi connectivity index (χ0) is 10.0. The predicted octanol–water partition coefficient (Wildman–Crippen LogP) is 0.843. The number of aliphatic hydroxyl groups excluding tert-OH is 1. The molecule has 3 nitrogen and oxygen atoms in total. The molecule has 74 valence electrons. The lowest BCUT2D eigenvalue weighted by Gasteiger charge is -2.14. The van der Waals surface area contributed by atoms with Gasteiger partial charge in [0.1, 0.15) is 0 Å². The second-order valence-electron chi connectivity index (χ2n) is 3.51. The van der Waals surface area contributed by atoms with Crippen molar-refractivity contribution in [3.05, 3.63) is 11.4 Å². The smallest absolute Gasteiger partial charge is 0.282 e. The lowest BCUT2D eigenvalue weighted by molar-refractivity contribution is -0.128. The van der Waals surface area contributed by atoms with Crippen molar-refractivity contribution >= 4 is 5.91 Å². The maximum atomic E-state index is 13.1. The van der Waals surface area contributed by atoms with Gasteiger partial charge in [0.2, 0.25) is 0 Å². The SMILES string of the molecule is CC(C)=C(F)C(=O)N1CC[C@H](O)C1. The van der Waals surface area contributed by atoms with E-state index in [0.717, 1.165) is 0 Å². The number of hydrogen-bond acceptors (Lipinski definition) is 2. The van der Waals surface area contributed by atoms with Gasteiger partial charge >= 0.3 is 0 Å².